The molecule has 0 aliphatic carbocycles. The fourth-order valence-corrected chi connectivity index (χ4v) is 3.08. The van der Waals surface area contributed by atoms with E-state index in [-0.39, 0.29) is 24.5 Å². The molecule has 0 radical (unpaired) electrons. The van der Waals surface area contributed by atoms with Crippen LogP contribution in [-0.4, -0.2) is 41.7 Å². The highest BCUT2D eigenvalue weighted by Gasteiger charge is 2.27. The molecular weight excluding hydrogens is 364 g/mol. The van der Waals surface area contributed by atoms with Crippen LogP contribution in [0.3, 0.4) is 0 Å². The normalized spacial score (nSPS) is 11.9. The van der Waals surface area contributed by atoms with Gasteiger partial charge in [-0.25, -0.2) is 8.78 Å². The molecular formula is C10H17Br2F2NO2. The van der Waals surface area contributed by atoms with Gasteiger partial charge in [-0.15, -0.1) is 0 Å². The summed E-state index contributed by atoms with van der Waals surface area (Å²) in [6, 6.07) is 0. The fraction of sp³-hybridized carbons (Fsp3) is 0.900. The van der Waals surface area contributed by atoms with E-state index in [0.29, 0.717) is 10.7 Å². The molecule has 1 amide bonds. The lowest BCUT2D eigenvalue weighted by atomic mass is 10.0. The van der Waals surface area contributed by atoms with Crippen LogP contribution in [0.25, 0.3) is 0 Å². The summed E-state index contributed by atoms with van der Waals surface area (Å²) < 4.78 is 28.2. The predicted molar refractivity (Wildman–Crippen MR) is 70.2 cm³/mol. The van der Waals surface area contributed by atoms with Crippen LogP contribution in [0.1, 0.15) is 19.8 Å². The highest BCUT2D eigenvalue weighted by molar-refractivity contribution is 9.09. The second kappa shape index (κ2) is 9.22. The molecule has 0 aromatic heterocycles. The molecule has 0 heterocycles. The number of ether oxygens (including phenoxy) is 1. The Bertz CT molecular complexity index is 218. The van der Waals surface area contributed by atoms with Crippen molar-refractivity contribution in [3.8, 4) is 0 Å². The molecule has 1 N–H and O–H groups in total. The van der Waals surface area contributed by atoms with Crippen molar-refractivity contribution in [2.75, 3.05) is 23.9 Å². The van der Waals surface area contributed by atoms with Crippen molar-refractivity contribution in [3.05, 3.63) is 0 Å². The van der Waals surface area contributed by atoms with Crippen molar-refractivity contribution >= 4 is 37.8 Å². The molecule has 0 atom stereocenters. The number of hydrogen-bond donors (Lipinski definition) is 1. The molecule has 0 rings (SSSR count). The number of rotatable bonds is 9. The maximum Gasteiger partial charge on any atom is 0.261 e. The largest absolute Gasteiger partial charge is 0.375 e. The minimum Gasteiger partial charge on any atom is -0.375 e. The minimum absolute atomic E-state index is 0.0144. The van der Waals surface area contributed by atoms with Gasteiger partial charge in [-0.2, -0.15) is 0 Å². The van der Waals surface area contributed by atoms with E-state index in [1.807, 2.05) is 6.92 Å². The lowest BCUT2D eigenvalue weighted by molar-refractivity contribution is -0.124. The van der Waals surface area contributed by atoms with Crippen LogP contribution >= 0.6 is 31.9 Å². The van der Waals surface area contributed by atoms with Crippen LogP contribution in [0, 0.1) is 0 Å². The van der Waals surface area contributed by atoms with E-state index in [9.17, 15) is 13.6 Å². The zero-order valence-electron chi connectivity index (χ0n) is 9.65. The highest BCUT2D eigenvalue weighted by atomic mass is 79.9. The van der Waals surface area contributed by atoms with Gasteiger partial charge in [0.2, 0.25) is 5.91 Å². The van der Waals surface area contributed by atoms with E-state index in [4.69, 9.17) is 0 Å². The summed E-state index contributed by atoms with van der Waals surface area (Å²) in [6.45, 7) is 1.36. The zero-order valence-corrected chi connectivity index (χ0v) is 12.8. The van der Waals surface area contributed by atoms with Crippen molar-refractivity contribution in [2.45, 2.75) is 31.7 Å². The summed E-state index contributed by atoms with van der Waals surface area (Å²) in [6.07, 6.45) is -1.63. The Morgan fingerprint density at radius 2 is 2.00 bits per heavy atom. The van der Waals surface area contributed by atoms with Gasteiger partial charge in [0, 0.05) is 17.1 Å². The molecule has 0 spiro atoms. The van der Waals surface area contributed by atoms with E-state index >= 15 is 0 Å². The summed E-state index contributed by atoms with van der Waals surface area (Å²) in [5, 5.41) is 4.13. The van der Waals surface area contributed by atoms with Gasteiger partial charge < -0.3 is 10.1 Å². The van der Waals surface area contributed by atoms with Gasteiger partial charge in [-0.05, 0) is 6.42 Å². The Labute approximate surface area is 117 Å². The molecule has 0 aromatic carbocycles. The van der Waals surface area contributed by atoms with Gasteiger partial charge >= 0.3 is 0 Å². The van der Waals surface area contributed by atoms with Crippen LogP contribution in [0.4, 0.5) is 8.78 Å². The Morgan fingerprint density at radius 1 is 1.41 bits per heavy atom. The zero-order chi connectivity index (χ0) is 13.3. The first-order valence-electron chi connectivity index (χ1n) is 5.28. The lowest BCUT2D eigenvalue weighted by Crippen LogP contribution is -2.51. The van der Waals surface area contributed by atoms with Gasteiger partial charge in [0.1, 0.15) is 6.61 Å². The molecule has 0 unspecified atom stereocenters. The SMILES string of the molecule is CCC(CBr)(CBr)NC(=O)CCOCC(F)F. The Balaban J connectivity index is 3.91. The predicted octanol–water partition coefficient (Wildman–Crippen LogP) is 2.71. The van der Waals surface area contributed by atoms with Crippen LogP contribution in [0.15, 0.2) is 0 Å². The average Bonchev–Trinajstić information content (AvgIpc) is 2.32. The maximum atomic E-state index is 11.8. The third kappa shape index (κ3) is 7.31. The second-order valence-electron chi connectivity index (χ2n) is 3.67. The Kier molecular flexibility index (Phi) is 9.35. The molecule has 0 aromatic rings. The molecule has 7 heteroatoms. The molecule has 0 aliphatic rings. The van der Waals surface area contributed by atoms with E-state index in [1.54, 1.807) is 0 Å². The molecule has 0 saturated heterocycles. The number of halogens is 4. The van der Waals surface area contributed by atoms with Gasteiger partial charge in [-0.1, -0.05) is 38.8 Å². The molecule has 3 nitrogen and oxygen atoms in total. The summed E-state index contributed by atoms with van der Waals surface area (Å²) in [7, 11) is 0. The Morgan fingerprint density at radius 3 is 2.41 bits per heavy atom. The smallest absolute Gasteiger partial charge is 0.261 e. The number of carbonyl (C=O) groups excluding carboxylic acids is 1. The fourth-order valence-electron chi connectivity index (χ4n) is 1.08. The summed E-state index contributed by atoms with van der Waals surface area (Å²) >= 11 is 6.70. The van der Waals surface area contributed by atoms with Crippen molar-refractivity contribution in [2.24, 2.45) is 0 Å². The Hall–Kier alpha value is 0.250. The standard InChI is InChI=1S/C10H17Br2F2NO2/c1-2-10(6-11,7-12)15-9(16)3-4-17-5-8(13)14/h8H,2-7H2,1H3,(H,15,16). The van der Waals surface area contributed by atoms with Crippen molar-refractivity contribution in [1.82, 2.24) is 5.32 Å². The van der Waals surface area contributed by atoms with Gasteiger partial charge in [0.15, 0.2) is 0 Å². The van der Waals surface area contributed by atoms with E-state index in [1.165, 1.54) is 0 Å². The first-order valence-corrected chi connectivity index (χ1v) is 7.52. The van der Waals surface area contributed by atoms with Crippen LogP contribution < -0.4 is 5.32 Å². The second-order valence-corrected chi connectivity index (χ2v) is 4.79. The highest BCUT2D eigenvalue weighted by Crippen LogP contribution is 2.16. The first-order chi connectivity index (χ1) is 7.99. The van der Waals surface area contributed by atoms with Crippen molar-refractivity contribution < 1.29 is 18.3 Å². The first kappa shape index (κ1) is 17.2. The van der Waals surface area contributed by atoms with Gasteiger partial charge in [0.25, 0.3) is 6.43 Å². The molecule has 0 bridgehead atoms. The van der Waals surface area contributed by atoms with Gasteiger partial charge in [-0.3, -0.25) is 4.79 Å². The molecule has 17 heavy (non-hydrogen) atoms. The van der Waals surface area contributed by atoms with Crippen LogP contribution in [-0.2, 0) is 9.53 Å². The lowest BCUT2D eigenvalue weighted by Gasteiger charge is -2.30. The summed E-state index contributed by atoms with van der Waals surface area (Å²) in [4.78, 5) is 11.6. The topological polar surface area (TPSA) is 38.3 Å². The number of amides is 1. The van der Waals surface area contributed by atoms with Gasteiger partial charge in [0.05, 0.1) is 12.1 Å². The van der Waals surface area contributed by atoms with E-state index < -0.39 is 13.0 Å². The van der Waals surface area contributed by atoms with E-state index in [2.05, 4.69) is 41.9 Å². The summed E-state index contributed by atoms with van der Waals surface area (Å²) in [5.41, 5.74) is -0.334. The molecule has 0 aliphatic heterocycles. The third-order valence-electron chi connectivity index (χ3n) is 2.31. The number of hydrogen-bond acceptors (Lipinski definition) is 2. The summed E-state index contributed by atoms with van der Waals surface area (Å²) in [5.74, 6) is -0.194. The molecule has 102 valence electrons. The number of carbonyl (C=O) groups is 1. The third-order valence-corrected chi connectivity index (χ3v) is 4.46. The molecule has 0 saturated carbocycles. The quantitative estimate of drug-likeness (QED) is 0.493. The van der Waals surface area contributed by atoms with Crippen molar-refractivity contribution in [1.29, 1.82) is 0 Å². The minimum atomic E-state index is -2.49. The van der Waals surface area contributed by atoms with Crippen LogP contribution in [0.2, 0.25) is 0 Å². The maximum absolute atomic E-state index is 11.8. The monoisotopic (exact) mass is 379 g/mol. The number of nitrogens with one attached hydrogen (secondary N) is 1. The average molecular weight is 381 g/mol. The van der Waals surface area contributed by atoms with Crippen molar-refractivity contribution in [3.63, 3.8) is 0 Å². The van der Waals surface area contributed by atoms with E-state index in [0.717, 1.165) is 6.42 Å². The van der Waals surface area contributed by atoms with Crippen LogP contribution in [0.5, 0.6) is 0 Å². The number of alkyl halides is 4. The molecule has 0 fully saturated rings.